The van der Waals surface area contributed by atoms with E-state index >= 15 is 0 Å². The Morgan fingerprint density at radius 3 is 0.409 bits per heavy atom. The highest BCUT2D eigenvalue weighted by Crippen LogP contribution is 2.36. The zero-order valence-corrected chi connectivity index (χ0v) is 105. The van der Waals surface area contributed by atoms with Crippen molar-refractivity contribution < 1.29 is 37.0 Å². The lowest BCUT2D eigenvalue weighted by molar-refractivity contribution is 0.517. The number of benzene rings is 2. The molecule has 0 spiro atoms. The van der Waals surface area contributed by atoms with E-state index in [0.717, 1.165) is 25.7 Å². The van der Waals surface area contributed by atoms with Crippen LogP contribution >= 0.6 is 0 Å². The molecule has 0 fully saturated rings. The molecule has 27 heteroatoms. The molecule has 8 unspecified atom stereocenters. The lowest BCUT2D eigenvalue weighted by Gasteiger charge is -2.38. The first-order valence-corrected chi connectivity index (χ1v) is 102. The van der Waals surface area contributed by atoms with Crippen LogP contribution in [0.1, 0.15) is 146 Å². The van der Waals surface area contributed by atoms with Crippen LogP contribution < -0.4 is 0 Å². The molecule has 0 saturated heterocycles. The fourth-order valence-corrected chi connectivity index (χ4v) is 87.1. The molecular weight excluding hydrogens is 1710 g/mol. The zero-order chi connectivity index (χ0) is 90.5. The predicted molar refractivity (Wildman–Crippen MR) is 572 cm³/mol. The third-order valence-corrected chi connectivity index (χ3v) is 101. The Morgan fingerprint density at radius 2 is 0.278 bits per heavy atom. The number of hydrogen-bond donors (Lipinski definition) is 0. The molecular formula is C88H206O9Si18. The lowest BCUT2D eigenvalue weighted by Crippen LogP contribution is -2.47. The normalized spacial score (nSPS) is 17.3. The monoisotopic (exact) mass is 1910 g/mol. The Kier molecular flexibility index (Phi) is 56.6. The predicted octanol–water partition coefficient (Wildman–Crippen LogP) is 33.7. The molecule has 2 aromatic rings. The second-order valence-corrected chi connectivity index (χ2v) is 126. The Morgan fingerprint density at radius 1 is 0.157 bits per heavy atom. The maximum atomic E-state index is 6.78. The molecule has 0 heterocycles. The lowest BCUT2D eigenvalue weighted by atomic mass is 10.1. The first-order valence-electron chi connectivity index (χ1n) is 47.5. The molecule has 9 nitrogen and oxygen atoms in total. The largest absolute Gasteiger partial charge is 0.456 e. The van der Waals surface area contributed by atoms with Crippen LogP contribution in [0.5, 0.6) is 0 Å². The van der Waals surface area contributed by atoms with Gasteiger partial charge >= 0.3 is 0 Å². The van der Waals surface area contributed by atoms with Gasteiger partial charge in [0, 0.05) is 0 Å². The zero-order valence-electron chi connectivity index (χ0n) is 86.5. The van der Waals surface area contributed by atoms with E-state index in [1.165, 1.54) is 180 Å². The van der Waals surface area contributed by atoms with Crippen molar-refractivity contribution >= 4 is 150 Å². The van der Waals surface area contributed by atoms with Gasteiger partial charge in [0.25, 0.3) is 0 Å². The summed E-state index contributed by atoms with van der Waals surface area (Å²) in [6.07, 6.45) is 7.26. The molecule has 0 radical (unpaired) electrons. The Balaban J connectivity index is -0.00000140. The van der Waals surface area contributed by atoms with E-state index in [-0.39, 0.29) is 0 Å². The molecule has 2 rings (SSSR count). The molecule has 0 aliphatic carbocycles. The van der Waals surface area contributed by atoms with Crippen LogP contribution in [-0.2, 0) is 62.7 Å². The van der Waals surface area contributed by atoms with Crippen molar-refractivity contribution in [2.24, 2.45) is 0 Å². The summed E-state index contributed by atoms with van der Waals surface area (Å²) in [5.74, 6) is 0. The molecule has 0 N–H and O–H groups in total. The van der Waals surface area contributed by atoms with Gasteiger partial charge in [0.2, 0.25) is 0 Å². The van der Waals surface area contributed by atoms with E-state index in [0.29, 0.717) is 0 Å². The third-order valence-electron chi connectivity index (χ3n) is 26.2. The number of hydrogen-bond acceptors (Lipinski definition) is 9. The van der Waals surface area contributed by atoms with Crippen LogP contribution in [0.15, 0.2) is 48.5 Å². The summed E-state index contributed by atoms with van der Waals surface area (Å²) < 4.78 is 60.0. The standard InChI is InChI=1S/C24H50O2Si4.C23H48O2Si4.C17H44O2Si4.C16H42O2Si4.C8H22OSi2/c1-11-27(5,6)25-29(9,13-3)21-19-23-15-17-24(18-16-23)20-22-30(10,14-4)26-28(7,8)12-2;1-11-27(7,8)25-29(10,13-3)21-19-23-16-14-22(15-17-23)18-20-28(9,12-2)24-26(4,5)6;1-11-20(5,6)18-22(9,13-3)16-15-17-23(10,14-4)19-21(7,8)12-2;1-11-20(7,8)18-22(10,13-3)16-14-15-21(9,12-2)17-19(4,5)6;1-7-10(3,4)9-11(5,6)8-2/h15-18H,11-14,19-22H2,1-10H3;14-17H,11-13,18-21H2,1-10H3;11-17H2,1-10H3;11-16H2,1-10H3;7-8H2,1-6H3. The van der Waals surface area contributed by atoms with Crippen molar-refractivity contribution in [2.75, 3.05) is 0 Å². The maximum absolute atomic E-state index is 6.78. The van der Waals surface area contributed by atoms with Crippen LogP contribution in [-0.4, -0.2) is 150 Å². The second-order valence-electron chi connectivity index (χ2n) is 43.8. The van der Waals surface area contributed by atoms with Crippen molar-refractivity contribution in [3.63, 3.8) is 0 Å². The molecule has 0 aliphatic heterocycles. The minimum absolute atomic E-state index is 1.15. The molecule has 115 heavy (non-hydrogen) atoms. The van der Waals surface area contributed by atoms with E-state index < -0.39 is 150 Å². The van der Waals surface area contributed by atoms with Crippen molar-refractivity contribution in [1.29, 1.82) is 0 Å². The Hall–Kier alpha value is 1.98. The van der Waals surface area contributed by atoms with Gasteiger partial charge in [0.15, 0.2) is 150 Å². The fourth-order valence-electron chi connectivity index (χ4n) is 14.3. The summed E-state index contributed by atoms with van der Waals surface area (Å²) in [7, 11) is -26.5. The topological polar surface area (TPSA) is 83.1 Å². The van der Waals surface area contributed by atoms with Crippen LogP contribution in [0.25, 0.3) is 0 Å². The van der Waals surface area contributed by atoms with Crippen molar-refractivity contribution in [2.45, 2.75) is 491 Å². The first kappa shape index (κ1) is 121. The van der Waals surface area contributed by atoms with Gasteiger partial charge in [-0.15, -0.1) is 0 Å². The summed E-state index contributed by atoms with van der Waals surface area (Å²) in [5, 5.41) is 0. The summed E-state index contributed by atoms with van der Waals surface area (Å²) in [5.41, 5.74) is 5.87. The fraction of sp³-hybridized carbons (Fsp3) is 0.864. The summed E-state index contributed by atoms with van der Waals surface area (Å²) in [4.78, 5) is 0. The Bertz CT molecular complexity index is 2780. The quantitative estimate of drug-likeness (QED) is 0.0602. The number of aryl methyl sites for hydroxylation is 4. The minimum atomic E-state index is -1.59. The molecule has 2 aromatic carbocycles. The van der Waals surface area contributed by atoms with Gasteiger partial charge in [-0.25, -0.2) is 0 Å². The van der Waals surface area contributed by atoms with Crippen molar-refractivity contribution in [3.05, 3.63) is 70.8 Å². The summed E-state index contributed by atoms with van der Waals surface area (Å²) in [6, 6.07) is 48.8. The molecule has 684 valence electrons. The molecule has 0 bridgehead atoms. The molecule has 8 atom stereocenters. The van der Waals surface area contributed by atoms with E-state index in [1.54, 1.807) is 0 Å². The highest BCUT2D eigenvalue weighted by molar-refractivity contribution is 6.90. The summed E-state index contributed by atoms with van der Waals surface area (Å²) >= 11 is 0. The summed E-state index contributed by atoms with van der Waals surface area (Å²) in [6.45, 7) is 108. The average molecular weight is 1910 g/mol. The SMILES string of the molecule is CC[Si](C)(C)O[Si](C)(C)CC.CC[Si](C)(C)O[Si](C)(CC)CCC[Si](C)(CC)O[Si](C)(C)C.CC[Si](C)(C)O[Si](C)(CC)CCC[Si](C)(CC)O[Si](C)(C)CC.CC[Si](C)(C)O[Si](C)(CC)CCc1ccc(CC[Si](C)(CC)O[Si](C)(C)C)cc1.CC[Si](C)(C)O[Si](C)(CC)CCc1ccc(CC[Si](C)(CC)O[Si](C)(C)CC)cc1. The van der Waals surface area contributed by atoms with Crippen molar-refractivity contribution in [3.8, 4) is 0 Å². The molecule has 0 aromatic heterocycles. The average Bonchev–Trinajstić information content (AvgIpc) is 0.839. The highest BCUT2D eigenvalue weighted by Gasteiger charge is 2.42. The smallest absolute Gasteiger partial charge is 0.176 e. The second kappa shape index (κ2) is 53.7. The molecule has 0 amide bonds. The maximum Gasteiger partial charge on any atom is 0.176 e. The van der Waals surface area contributed by atoms with E-state index in [2.05, 4.69) is 356 Å². The van der Waals surface area contributed by atoms with Crippen LogP contribution in [0.4, 0.5) is 0 Å². The molecule has 0 saturated carbocycles. The van der Waals surface area contributed by atoms with Gasteiger partial charge in [-0.2, -0.15) is 0 Å². The van der Waals surface area contributed by atoms with Gasteiger partial charge < -0.3 is 37.0 Å². The van der Waals surface area contributed by atoms with E-state index in [1.807, 2.05) is 0 Å². The molecule has 0 aliphatic rings. The van der Waals surface area contributed by atoms with Crippen LogP contribution in [0.3, 0.4) is 0 Å². The van der Waals surface area contributed by atoms with Crippen LogP contribution in [0, 0.1) is 0 Å². The first-order chi connectivity index (χ1) is 52.1. The van der Waals surface area contributed by atoms with Crippen LogP contribution in [0.2, 0.25) is 341 Å². The van der Waals surface area contributed by atoms with E-state index in [4.69, 9.17) is 37.0 Å². The van der Waals surface area contributed by atoms with Gasteiger partial charge in [0.1, 0.15) is 0 Å². The van der Waals surface area contributed by atoms with Gasteiger partial charge in [0.05, 0.1) is 0 Å². The third kappa shape index (κ3) is 56.0. The van der Waals surface area contributed by atoms with Gasteiger partial charge in [-0.3, -0.25) is 0 Å². The number of rotatable bonds is 54. The van der Waals surface area contributed by atoms with E-state index in [9.17, 15) is 0 Å². The Labute approximate surface area is 741 Å². The highest BCUT2D eigenvalue weighted by atomic mass is 28.5. The van der Waals surface area contributed by atoms with Gasteiger partial charge in [-0.1, -0.05) is 172 Å². The van der Waals surface area contributed by atoms with Gasteiger partial charge in [-0.05, 0) is 389 Å². The minimum Gasteiger partial charge on any atom is -0.456 e. The van der Waals surface area contributed by atoms with Crippen molar-refractivity contribution in [1.82, 2.24) is 0 Å².